The maximum absolute atomic E-state index is 12.7. The lowest BCUT2D eigenvalue weighted by molar-refractivity contribution is 0.438. The number of aromatic nitrogens is 6. The second-order valence-electron chi connectivity index (χ2n) is 8.38. The van der Waals surface area contributed by atoms with Crippen LogP contribution in [0.2, 0.25) is 0 Å². The summed E-state index contributed by atoms with van der Waals surface area (Å²) in [6, 6.07) is 1.96. The monoisotopic (exact) mass is 443 g/mol. The van der Waals surface area contributed by atoms with E-state index < -0.39 is 5.69 Å². The number of H-pyrrole nitrogens is 1. The summed E-state index contributed by atoms with van der Waals surface area (Å²) in [5.41, 5.74) is 2.00. The number of fused-ring (bicyclic) bond motifs is 1. The van der Waals surface area contributed by atoms with Crippen molar-refractivity contribution in [2.24, 2.45) is 13.0 Å². The third-order valence-electron chi connectivity index (χ3n) is 5.65. The summed E-state index contributed by atoms with van der Waals surface area (Å²) in [5, 5.41) is 0.776. The molecule has 9 nitrogen and oxygen atoms in total. The Hall–Kier alpha value is -2.62. The Morgan fingerprint density at radius 1 is 1.19 bits per heavy atom. The summed E-state index contributed by atoms with van der Waals surface area (Å²) in [6.45, 7) is 8.63. The van der Waals surface area contributed by atoms with Crippen LogP contribution >= 0.6 is 11.8 Å². The van der Waals surface area contributed by atoms with E-state index in [0.29, 0.717) is 23.6 Å². The van der Waals surface area contributed by atoms with Crippen LogP contribution < -0.4 is 16.1 Å². The van der Waals surface area contributed by atoms with Gasteiger partial charge in [-0.05, 0) is 45.1 Å². The molecule has 166 valence electrons. The lowest BCUT2D eigenvalue weighted by Crippen LogP contribution is -2.36. The highest BCUT2D eigenvalue weighted by Crippen LogP contribution is 2.26. The third kappa shape index (κ3) is 4.53. The van der Waals surface area contributed by atoms with Crippen LogP contribution in [0.3, 0.4) is 0 Å². The molecule has 1 N–H and O–H groups in total. The molecule has 31 heavy (non-hydrogen) atoms. The number of aromatic amines is 1. The number of aryl methyl sites for hydroxylation is 4. The van der Waals surface area contributed by atoms with Gasteiger partial charge in [-0.1, -0.05) is 18.7 Å². The van der Waals surface area contributed by atoms with Crippen LogP contribution in [0.4, 0.5) is 5.95 Å². The van der Waals surface area contributed by atoms with Crippen LogP contribution in [0.15, 0.2) is 20.8 Å². The van der Waals surface area contributed by atoms with E-state index in [2.05, 4.69) is 26.8 Å². The van der Waals surface area contributed by atoms with Gasteiger partial charge in [0.2, 0.25) is 5.95 Å². The molecular formula is C21H29N7O2S. The SMILES string of the molecule is Cc1cc(C)nc(SCCCn2c(N3CCCC(C)C3)nc3c2c(=O)[nH]c(=O)n3C)n1. The Kier molecular flexibility index (Phi) is 6.17. The Morgan fingerprint density at radius 3 is 2.65 bits per heavy atom. The fourth-order valence-electron chi connectivity index (χ4n) is 4.19. The summed E-state index contributed by atoms with van der Waals surface area (Å²) >= 11 is 1.62. The van der Waals surface area contributed by atoms with E-state index in [1.54, 1.807) is 18.8 Å². The zero-order valence-electron chi connectivity index (χ0n) is 18.5. The topological polar surface area (TPSA) is 102 Å². The first-order chi connectivity index (χ1) is 14.8. The molecule has 1 fully saturated rings. The molecular weight excluding hydrogens is 414 g/mol. The second-order valence-corrected chi connectivity index (χ2v) is 9.44. The third-order valence-corrected chi connectivity index (χ3v) is 6.58. The summed E-state index contributed by atoms with van der Waals surface area (Å²) in [7, 11) is 1.65. The van der Waals surface area contributed by atoms with Gasteiger partial charge in [0, 0.05) is 43.8 Å². The molecule has 0 amide bonds. The average Bonchev–Trinajstić information content (AvgIpc) is 3.09. The van der Waals surface area contributed by atoms with Gasteiger partial charge in [-0.25, -0.2) is 14.8 Å². The van der Waals surface area contributed by atoms with Crippen molar-refractivity contribution in [2.45, 2.75) is 51.7 Å². The smallest absolute Gasteiger partial charge is 0.329 e. The molecule has 1 unspecified atom stereocenters. The molecule has 0 bridgehead atoms. The first-order valence-electron chi connectivity index (χ1n) is 10.7. The Balaban J connectivity index is 1.61. The first kappa shape index (κ1) is 21.6. The van der Waals surface area contributed by atoms with Crippen molar-refractivity contribution in [1.82, 2.24) is 29.1 Å². The lowest BCUT2D eigenvalue weighted by atomic mass is 10.0. The molecule has 1 saturated heterocycles. The maximum atomic E-state index is 12.7. The molecule has 4 rings (SSSR count). The molecule has 3 aromatic heterocycles. The molecule has 3 aromatic rings. The second kappa shape index (κ2) is 8.86. The first-order valence-corrected chi connectivity index (χ1v) is 11.7. The van der Waals surface area contributed by atoms with Crippen molar-refractivity contribution in [3.8, 4) is 0 Å². The highest BCUT2D eigenvalue weighted by Gasteiger charge is 2.24. The number of nitrogens with one attached hydrogen (secondary N) is 1. The van der Waals surface area contributed by atoms with Gasteiger partial charge < -0.3 is 9.47 Å². The Labute approximate surface area is 184 Å². The van der Waals surface area contributed by atoms with Crippen LogP contribution in [-0.2, 0) is 13.6 Å². The number of rotatable bonds is 6. The Bertz CT molecular complexity index is 1190. The van der Waals surface area contributed by atoms with Crippen molar-refractivity contribution < 1.29 is 0 Å². The van der Waals surface area contributed by atoms with Crippen molar-refractivity contribution in [3.63, 3.8) is 0 Å². The zero-order valence-corrected chi connectivity index (χ0v) is 19.3. The summed E-state index contributed by atoms with van der Waals surface area (Å²) in [5.74, 6) is 2.17. The molecule has 0 saturated carbocycles. The van der Waals surface area contributed by atoms with Gasteiger partial charge in [-0.3, -0.25) is 14.3 Å². The van der Waals surface area contributed by atoms with E-state index in [1.807, 2.05) is 24.5 Å². The molecule has 10 heteroatoms. The van der Waals surface area contributed by atoms with Crippen molar-refractivity contribution >= 4 is 28.9 Å². The fourth-order valence-corrected chi connectivity index (χ4v) is 5.06. The molecule has 0 spiro atoms. The van der Waals surface area contributed by atoms with Gasteiger partial charge in [0.25, 0.3) is 5.56 Å². The fraction of sp³-hybridized carbons (Fsp3) is 0.571. The molecule has 4 heterocycles. The van der Waals surface area contributed by atoms with Crippen LogP contribution in [0, 0.1) is 19.8 Å². The minimum absolute atomic E-state index is 0.382. The normalized spacial score (nSPS) is 16.9. The van der Waals surface area contributed by atoms with Gasteiger partial charge in [0.05, 0.1) is 0 Å². The quantitative estimate of drug-likeness (QED) is 0.354. The zero-order chi connectivity index (χ0) is 22.1. The van der Waals surface area contributed by atoms with E-state index in [0.717, 1.165) is 54.2 Å². The van der Waals surface area contributed by atoms with Crippen molar-refractivity contribution in [2.75, 3.05) is 23.7 Å². The molecule has 1 aliphatic rings. The number of thioether (sulfide) groups is 1. The molecule has 1 atom stereocenters. The minimum atomic E-state index is -0.441. The van der Waals surface area contributed by atoms with Crippen molar-refractivity contribution in [1.29, 1.82) is 0 Å². The predicted octanol–water partition coefficient (Wildman–Crippen LogP) is 2.25. The Morgan fingerprint density at radius 2 is 1.94 bits per heavy atom. The van der Waals surface area contributed by atoms with Gasteiger partial charge in [-0.2, -0.15) is 4.98 Å². The van der Waals surface area contributed by atoms with E-state index in [4.69, 9.17) is 4.98 Å². The average molecular weight is 444 g/mol. The van der Waals surface area contributed by atoms with E-state index >= 15 is 0 Å². The van der Waals surface area contributed by atoms with Gasteiger partial charge >= 0.3 is 5.69 Å². The number of piperidine rings is 1. The van der Waals surface area contributed by atoms with Crippen LogP contribution in [0.25, 0.3) is 11.2 Å². The van der Waals surface area contributed by atoms with Crippen LogP contribution in [-0.4, -0.2) is 47.9 Å². The van der Waals surface area contributed by atoms with E-state index in [-0.39, 0.29) is 5.56 Å². The summed E-state index contributed by atoms with van der Waals surface area (Å²) in [4.78, 5) is 43.2. The standard InChI is InChI=1S/C21H29N7O2S/c1-13-7-5-8-27(12-13)20-24-17-16(18(29)25-21(30)26(17)4)28(20)9-6-10-31-19-22-14(2)11-15(3)23-19/h11,13H,5-10,12H2,1-4H3,(H,25,29,30). The predicted molar refractivity (Wildman–Crippen MR) is 123 cm³/mol. The van der Waals surface area contributed by atoms with E-state index in [9.17, 15) is 9.59 Å². The maximum Gasteiger partial charge on any atom is 0.329 e. The summed E-state index contributed by atoms with van der Waals surface area (Å²) in [6.07, 6.45) is 3.12. The lowest BCUT2D eigenvalue weighted by Gasteiger charge is -2.32. The van der Waals surface area contributed by atoms with Crippen LogP contribution in [0.5, 0.6) is 0 Å². The minimum Gasteiger partial charge on any atom is -0.342 e. The number of anilines is 1. The van der Waals surface area contributed by atoms with Gasteiger partial charge in [0.1, 0.15) is 0 Å². The van der Waals surface area contributed by atoms with Crippen LogP contribution in [0.1, 0.15) is 37.6 Å². The number of hydrogen-bond donors (Lipinski definition) is 1. The summed E-state index contributed by atoms with van der Waals surface area (Å²) < 4.78 is 3.40. The number of nitrogens with zero attached hydrogens (tertiary/aromatic N) is 6. The highest BCUT2D eigenvalue weighted by molar-refractivity contribution is 7.99. The van der Waals surface area contributed by atoms with Gasteiger partial charge in [-0.15, -0.1) is 0 Å². The van der Waals surface area contributed by atoms with E-state index in [1.165, 1.54) is 11.0 Å². The van der Waals surface area contributed by atoms with Crippen molar-refractivity contribution in [3.05, 3.63) is 38.3 Å². The number of imidazole rings is 1. The highest BCUT2D eigenvalue weighted by atomic mass is 32.2. The molecule has 0 radical (unpaired) electrons. The largest absolute Gasteiger partial charge is 0.342 e. The van der Waals surface area contributed by atoms with Gasteiger partial charge in [0.15, 0.2) is 16.3 Å². The molecule has 0 aliphatic carbocycles. The molecule has 0 aromatic carbocycles. The molecule has 1 aliphatic heterocycles. The number of hydrogen-bond acceptors (Lipinski definition) is 7.